The molecule has 0 aliphatic carbocycles. The van der Waals surface area contributed by atoms with Crippen molar-refractivity contribution in [2.24, 2.45) is 0 Å². The number of pyridine rings is 1. The van der Waals surface area contributed by atoms with Crippen molar-refractivity contribution in [3.05, 3.63) is 77.7 Å². The van der Waals surface area contributed by atoms with Gasteiger partial charge in [0.25, 0.3) is 5.91 Å². The van der Waals surface area contributed by atoms with Gasteiger partial charge in [0, 0.05) is 22.5 Å². The second-order valence-electron chi connectivity index (χ2n) is 7.60. The van der Waals surface area contributed by atoms with E-state index in [9.17, 15) is 9.18 Å². The Bertz CT molecular complexity index is 963. The standard InChI is InChI=1S/C22H23FN2O/c1-21(2,17-10-6-7-11-18(17)23)22(3,4)25-20(26)16-13-15-9-5-8-12-19(15)24-14-16/h5-14H,1-4H3,(H,25,26). The van der Waals surface area contributed by atoms with E-state index in [4.69, 9.17) is 0 Å². The van der Waals surface area contributed by atoms with Gasteiger partial charge in [0.2, 0.25) is 0 Å². The highest BCUT2D eigenvalue weighted by Crippen LogP contribution is 2.36. The van der Waals surface area contributed by atoms with Gasteiger partial charge in [-0.25, -0.2) is 4.39 Å². The summed E-state index contributed by atoms with van der Waals surface area (Å²) in [4.78, 5) is 17.2. The van der Waals surface area contributed by atoms with Crippen LogP contribution in [0.3, 0.4) is 0 Å². The molecule has 0 saturated carbocycles. The van der Waals surface area contributed by atoms with Gasteiger partial charge in [-0.1, -0.05) is 50.2 Å². The third-order valence-electron chi connectivity index (χ3n) is 5.39. The zero-order valence-corrected chi connectivity index (χ0v) is 15.5. The molecule has 0 atom stereocenters. The quantitative estimate of drug-likeness (QED) is 0.730. The molecule has 1 aromatic heterocycles. The maximum Gasteiger partial charge on any atom is 0.253 e. The Balaban J connectivity index is 1.90. The Labute approximate surface area is 153 Å². The van der Waals surface area contributed by atoms with Crippen LogP contribution in [-0.4, -0.2) is 16.4 Å². The van der Waals surface area contributed by atoms with E-state index in [0.717, 1.165) is 10.9 Å². The third kappa shape index (κ3) is 3.19. The molecule has 0 aliphatic rings. The SMILES string of the molecule is CC(C)(NC(=O)c1cnc2ccccc2c1)C(C)(C)c1ccccc1F. The fourth-order valence-corrected chi connectivity index (χ4v) is 3.01. The minimum Gasteiger partial charge on any atom is -0.346 e. The average molecular weight is 350 g/mol. The lowest BCUT2D eigenvalue weighted by Crippen LogP contribution is -2.56. The maximum absolute atomic E-state index is 14.3. The van der Waals surface area contributed by atoms with Gasteiger partial charge >= 0.3 is 0 Å². The molecule has 4 heteroatoms. The largest absolute Gasteiger partial charge is 0.346 e. The van der Waals surface area contributed by atoms with Crippen molar-refractivity contribution in [1.82, 2.24) is 10.3 Å². The fourth-order valence-electron chi connectivity index (χ4n) is 3.01. The number of hydrogen-bond donors (Lipinski definition) is 1. The third-order valence-corrected chi connectivity index (χ3v) is 5.39. The Morgan fingerprint density at radius 3 is 2.38 bits per heavy atom. The Kier molecular flexibility index (Phi) is 4.53. The highest BCUT2D eigenvalue weighted by atomic mass is 19.1. The van der Waals surface area contributed by atoms with E-state index >= 15 is 0 Å². The van der Waals surface area contributed by atoms with Crippen molar-refractivity contribution >= 4 is 16.8 Å². The van der Waals surface area contributed by atoms with Gasteiger partial charge in [-0.05, 0) is 37.6 Å². The highest BCUT2D eigenvalue weighted by molar-refractivity contribution is 5.97. The Hall–Kier alpha value is -2.75. The Morgan fingerprint density at radius 2 is 1.65 bits per heavy atom. The number of rotatable bonds is 4. The van der Waals surface area contributed by atoms with Crippen LogP contribution >= 0.6 is 0 Å². The molecule has 0 radical (unpaired) electrons. The molecule has 134 valence electrons. The lowest BCUT2D eigenvalue weighted by atomic mass is 9.69. The first-order valence-electron chi connectivity index (χ1n) is 8.65. The van der Waals surface area contributed by atoms with E-state index in [2.05, 4.69) is 10.3 Å². The first-order chi connectivity index (χ1) is 12.2. The summed E-state index contributed by atoms with van der Waals surface area (Å²) in [6.45, 7) is 7.69. The zero-order chi connectivity index (χ0) is 18.9. The summed E-state index contributed by atoms with van der Waals surface area (Å²) in [5.74, 6) is -0.495. The van der Waals surface area contributed by atoms with Gasteiger partial charge in [0.15, 0.2) is 0 Å². The first-order valence-corrected chi connectivity index (χ1v) is 8.65. The molecule has 0 aliphatic heterocycles. The average Bonchev–Trinajstić information content (AvgIpc) is 2.61. The number of halogens is 1. The molecular weight excluding hydrogens is 327 g/mol. The van der Waals surface area contributed by atoms with E-state index in [1.165, 1.54) is 6.07 Å². The Morgan fingerprint density at radius 1 is 1.00 bits per heavy atom. The number of carbonyl (C=O) groups is 1. The predicted molar refractivity (Wildman–Crippen MR) is 103 cm³/mol. The van der Waals surface area contributed by atoms with Crippen LogP contribution in [-0.2, 0) is 5.41 Å². The van der Waals surface area contributed by atoms with E-state index in [1.54, 1.807) is 18.3 Å². The van der Waals surface area contributed by atoms with Crippen molar-refractivity contribution in [2.45, 2.75) is 38.6 Å². The second kappa shape index (κ2) is 6.52. The smallest absolute Gasteiger partial charge is 0.253 e. The summed E-state index contributed by atoms with van der Waals surface area (Å²) in [7, 11) is 0. The molecule has 0 bridgehead atoms. The summed E-state index contributed by atoms with van der Waals surface area (Å²) in [6, 6.07) is 16.2. The number of aromatic nitrogens is 1. The molecule has 3 nitrogen and oxygen atoms in total. The van der Waals surface area contributed by atoms with Crippen molar-refractivity contribution in [1.29, 1.82) is 0 Å². The van der Waals surface area contributed by atoms with Gasteiger partial charge in [-0.2, -0.15) is 0 Å². The van der Waals surface area contributed by atoms with Crippen molar-refractivity contribution < 1.29 is 9.18 Å². The molecule has 3 aromatic rings. The summed E-state index contributed by atoms with van der Waals surface area (Å²) < 4.78 is 14.3. The molecule has 26 heavy (non-hydrogen) atoms. The molecule has 0 unspecified atom stereocenters. The van der Waals surface area contributed by atoms with E-state index in [0.29, 0.717) is 11.1 Å². The van der Waals surface area contributed by atoms with Gasteiger partial charge in [-0.3, -0.25) is 9.78 Å². The number of fused-ring (bicyclic) bond motifs is 1. The number of nitrogens with zero attached hydrogens (tertiary/aromatic N) is 1. The maximum atomic E-state index is 14.3. The number of para-hydroxylation sites is 1. The van der Waals surface area contributed by atoms with E-state index < -0.39 is 11.0 Å². The lowest BCUT2D eigenvalue weighted by Gasteiger charge is -2.42. The fraction of sp³-hybridized carbons (Fsp3) is 0.273. The van der Waals surface area contributed by atoms with E-state index in [-0.39, 0.29) is 11.7 Å². The number of amides is 1. The molecule has 0 fully saturated rings. The summed E-state index contributed by atoms with van der Waals surface area (Å²) in [5, 5.41) is 3.97. The van der Waals surface area contributed by atoms with Crippen LogP contribution in [0, 0.1) is 5.82 Å². The molecule has 0 saturated heterocycles. The van der Waals surface area contributed by atoms with Crippen molar-refractivity contribution in [3.8, 4) is 0 Å². The number of carbonyl (C=O) groups excluding carboxylic acids is 1. The van der Waals surface area contributed by atoms with Crippen LogP contribution < -0.4 is 5.32 Å². The van der Waals surface area contributed by atoms with Crippen LogP contribution in [0.2, 0.25) is 0 Å². The van der Waals surface area contributed by atoms with Crippen LogP contribution in [0.15, 0.2) is 60.8 Å². The monoisotopic (exact) mass is 350 g/mol. The van der Waals surface area contributed by atoms with Gasteiger partial charge in [-0.15, -0.1) is 0 Å². The van der Waals surface area contributed by atoms with Crippen molar-refractivity contribution in [2.75, 3.05) is 0 Å². The molecule has 2 aromatic carbocycles. The molecule has 1 N–H and O–H groups in total. The minimum atomic E-state index is -0.683. The van der Waals surface area contributed by atoms with Crippen LogP contribution in [0.25, 0.3) is 10.9 Å². The molecular formula is C22H23FN2O. The minimum absolute atomic E-state index is 0.224. The summed E-state index contributed by atoms with van der Waals surface area (Å²) in [5.41, 5.74) is 0.606. The normalized spacial score (nSPS) is 12.2. The summed E-state index contributed by atoms with van der Waals surface area (Å²) in [6.07, 6.45) is 1.57. The highest BCUT2D eigenvalue weighted by Gasteiger charge is 2.41. The van der Waals surface area contributed by atoms with Crippen LogP contribution in [0.4, 0.5) is 4.39 Å². The predicted octanol–water partition coefficient (Wildman–Crippen LogP) is 4.86. The van der Waals surface area contributed by atoms with Gasteiger partial charge in [0.05, 0.1) is 11.1 Å². The lowest BCUT2D eigenvalue weighted by molar-refractivity contribution is 0.0870. The molecule has 3 rings (SSSR count). The van der Waals surface area contributed by atoms with Gasteiger partial charge < -0.3 is 5.32 Å². The zero-order valence-electron chi connectivity index (χ0n) is 15.5. The number of hydrogen-bond acceptors (Lipinski definition) is 2. The van der Waals surface area contributed by atoms with Crippen LogP contribution in [0.5, 0.6) is 0 Å². The number of nitrogens with one attached hydrogen (secondary N) is 1. The van der Waals surface area contributed by atoms with Crippen molar-refractivity contribution in [3.63, 3.8) is 0 Å². The van der Waals surface area contributed by atoms with E-state index in [1.807, 2.05) is 64.1 Å². The first kappa shape index (κ1) is 18.1. The van der Waals surface area contributed by atoms with Gasteiger partial charge in [0.1, 0.15) is 5.82 Å². The summed E-state index contributed by atoms with van der Waals surface area (Å²) >= 11 is 0. The van der Waals surface area contributed by atoms with Crippen LogP contribution in [0.1, 0.15) is 43.6 Å². The number of benzene rings is 2. The topological polar surface area (TPSA) is 42.0 Å². The second-order valence-corrected chi connectivity index (χ2v) is 7.60. The molecule has 0 spiro atoms. The molecule has 1 amide bonds. The molecule has 1 heterocycles.